The van der Waals surface area contributed by atoms with Crippen LogP contribution >= 0.6 is 35.0 Å². The van der Waals surface area contributed by atoms with Crippen molar-refractivity contribution in [2.75, 3.05) is 20.2 Å². The van der Waals surface area contributed by atoms with Crippen LogP contribution in [-0.4, -0.2) is 42.2 Å². The minimum atomic E-state index is -0.428. The normalized spacial score (nSPS) is 15.0. The molecule has 0 spiro atoms. The highest BCUT2D eigenvalue weighted by Gasteiger charge is 2.34. The molecule has 0 atom stereocenters. The fraction of sp³-hybridized carbons (Fsp3) is 0.190. The Kier molecular flexibility index (Phi) is 7.42. The molecule has 0 radical (unpaired) electrons. The van der Waals surface area contributed by atoms with Crippen molar-refractivity contribution in [2.45, 2.75) is 6.42 Å². The van der Waals surface area contributed by atoms with Crippen LogP contribution in [0.2, 0.25) is 10.0 Å². The second-order valence-corrected chi connectivity index (χ2v) is 8.13. The van der Waals surface area contributed by atoms with Crippen LogP contribution in [0.5, 0.6) is 5.75 Å². The summed E-state index contributed by atoms with van der Waals surface area (Å²) in [6.07, 6.45) is 1.72. The maximum atomic E-state index is 12.6. The molecule has 1 saturated heterocycles. The van der Waals surface area contributed by atoms with Gasteiger partial charge in [0.2, 0.25) is 5.91 Å². The lowest BCUT2D eigenvalue weighted by Crippen LogP contribution is -2.37. The second-order valence-electron chi connectivity index (χ2n) is 6.35. The molecule has 0 aliphatic carbocycles. The average Bonchev–Trinajstić information content (AvgIpc) is 2.99. The Balaban J connectivity index is 1.56. The number of carbonyl (C=O) groups excluding carboxylic acids is 3. The third-order valence-corrected chi connectivity index (χ3v) is 6.04. The quantitative estimate of drug-likeness (QED) is 0.614. The number of hydrogen-bond acceptors (Lipinski definition) is 5. The van der Waals surface area contributed by atoms with Gasteiger partial charge in [-0.3, -0.25) is 19.3 Å². The summed E-state index contributed by atoms with van der Waals surface area (Å²) in [5.41, 5.74) is 1.36. The van der Waals surface area contributed by atoms with Gasteiger partial charge in [0.15, 0.2) is 0 Å². The molecular formula is C21H18Cl2N2O4S. The zero-order chi connectivity index (χ0) is 21.7. The summed E-state index contributed by atoms with van der Waals surface area (Å²) in [6.45, 7) is 0.237. The van der Waals surface area contributed by atoms with Gasteiger partial charge < -0.3 is 10.1 Å². The molecular weight excluding hydrogens is 447 g/mol. The molecule has 1 aliphatic heterocycles. The van der Waals surface area contributed by atoms with E-state index in [1.165, 1.54) is 0 Å². The Morgan fingerprint density at radius 3 is 2.73 bits per heavy atom. The fourth-order valence-corrected chi connectivity index (χ4v) is 4.02. The van der Waals surface area contributed by atoms with E-state index < -0.39 is 11.1 Å². The molecule has 30 heavy (non-hydrogen) atoms. The van der Waals surface area contributed by atoms with Crippen molar-refractivity contribution in [2.24, 2.45) is 0 Å². The zero-order valence-electron chi connectivity index (χ0n) is 16.0. The van der Waals surface area contributed by atoms with Crippen LogP contribution in [0.25, 0.3) is 6.08 Å². The van der Waals surface area contributed by atoms with Crippen molar-refractivity contribution in [3.63, 3.8) is 0 Å². The number of ether oxygens (including phenoxy) is 1. The van der Waals surface area contributed by atoms with Gasteiger partial charge in [-0.1, -0.05) is 47.5 Å². The van der Waals surface area contributed by atoms with Crippen LogP contribution in [0, 0.1) is 0 Å². The molecule has 0 saturated carbocycles. The molecule has 3 amide bonds. The molecule has 0 unspecified atom stereocenters. The van der Waals surface area contributed by atoms with Crippen molar-refractivity contribution in [3.8, 4) is 5.75 Å². The summed E-state index contributed by atoms with van der Waals surface area (Å²) in [7, 11) is 1.56. The maximum absolute atomic E-state index is 12.6. The summed E-state index contributed by atoms with van der Waals surface area (Å²) >= 11 is 13.0. The number of halogens is 2. The molecule has 6 nitrogen and oxygen atoms in total. The number of hydrogen-bond donors (Lipinski definition) is 1. The SMILES string of the molecule is COc1cccc(CC(=O)NCCN2C(=O)S/C(=C\c3cccc(Cl)c3Cl)C2=O)c1. The number of carbonyl (C=O) groups is 3. The number of benzene rings is 2. The summed E-state index contributed by atoms with van der Waals surface area (Å²) in [5, 5.41) is 3.01. The first-order valence-electron chi connectivity index (χ1n) is 8.98. The van der Waals surface area contributed by atoms with Crippen molar-refractivity contribution in [1.29, 1.82) is 0 Å². The van der Waals surface area contributed by atoms with Crippen molar-refractivity contribution in [3.05, 3.63) is 68.5 Å². The number of imide groups is 1. The molecule has 0 aromatic heterocycles. The lowest BCUT2D eigenvalue weighted by atomic mass is 10.1. The summed E-state index contributed by atoms with van der Waals surface area (Å²) in [4.78, 5) is 38.3. The third kappa shape index (κ3) is 5.36. The van der Waals surface area contributed by atoms with Gasteiger partial charge in [-0.15, -0.1) is 0 Å². The monoisotopic (exact) mass is 464 g/mol. The van der Waals surface area contributed by atoms with Crippen molar-refractivity contribution < 1.29 is 19.1 Å². The largest absolute Gasteiger partial charge is 0.497 e. The molecule has 9 heteroatoms. The highest BCUT2D eigenvalue weighted by atomic mass is 35.5. The minimum Gasteiger partial charge on any atom is -0.497 e. The number of methoxy groups -OCH3 is 1. The minimum absolute atomic E-state index is 0.0785. The summed E-state index contributed by atoms with van der Waals surface area (Å²) < 4.78 is 5.14. The second kappa shape index (κ2) is 10.0. The molecule has 1 N–H and O–H groups in total. The van der Waals surface area contributed by atoms with E-state index in [1.54, 1.807) is 49.6 Å². The van der Waals surface area contributed by atoms with E-state index in [0.29, 0.717) is 21.4 Å². The Bertz CT molecular complexity index is 1030. The van der Waals surface area contributed by atoms with Gasteiger partial charge in [0, 0.05) is 13.1 Å². The predicted octanol–water partition coefficient (Wildman–Crippen LogP) is 4.40. The highest BCUT2D eigenvalue weighted by molar-refractivity contribution is 8.18. The number of amides is 3. The van der Waals surface area contributed by atoms with E-state index in [4.69, 9.17) is 27.9 Å². The highest BCUT2D eigenvalue weighted by Crippen LogP contribution is 2.34. The lowest BCUT2D eigenvalue weighted by molar-refractivity contribution is -0.124. The molecule has 2 aromatic rings. The maximum Gasteiger partial charge on any atom is 0.293 e. The first kappa shape index (κ1) is 22.2. The van der Waals surface area contributed by atoms with Gasteiger partial charge in [-0.25, -0.2) is 0 Å². The van der Waals surface area contributed by atoms with Crippen LogP contribution in [0.15, 0.2) is 47.4 Å². The predicted molar refractivity (Wildman–Crippen MR) is 119 cm³/mol. The van der Waals surface area contributed by atoms with E-state index >= 15 is 0 Å². The Morgan fingerprint density at radius 2 is 1.97 bits per heavy atom. The van der Waals surface area contributed by atoms with Crippen LogP contribution in [0.1, 0.15) is 11.1 Å². The molecule has 156 valence electrons. The topological polar surface area (TPSA) is 75.7 Å². The van der Waals surface area contributed by atoms with Crippen LogP contribution in [0.4, 0.5) is 4.79 Å². The van der Waals surface area contributed by atoms with E-state index in [0.717, 1.165) is 22.2 Å². The Labute approximate surface area is 188 Å². The smallest absolute Gasteiger partial charge is 0.293 e. The van der Waals surface area contributed by atoms with E-state index in [9.17, 15) is 14.4 Å². The molecule has 1 heterocycles. The van der Waals surface area contributed by atoms with Gasteiger partial charge in [-0.05, 0) is 47.2 Å². The molecule has 2 aromatic carbocycles. The van der Waals surface area contributed by atoms with Crippen molar-refractivity contribution in [1.82, 2.24) is 10.2 Å². The van der Waals surface area contributed by atoms with Gasteiger partial charge >= 0.3 is 0 Å². The molecule has 1 fully saturated rings. The standard InChI is InChI=1S/C21H18Cl2N2O4S/c1-29-15-6-2-4-13(10-15)11-18(26)24-8-9-25-20(27)17(30-21(25)28)12-14-5-3-7-16(22)19(14)23/h2-7,10,12H,8-9,11H2,1H3,(H,24,26)/b17-12-. The fourth-order valence-electron chi connectivity index (χ4n) is 2.80. The van der Waals surface area contributed by atoms with Gasteiger partial charge in [0.25, 0.3) is 11.1 Å². The van der Waals surface area contributed by atoms with E-state index in [1.807, 2.05) is 6.07 Å². The van der Waals surface area contributed by atoms with Crippen LogP contribution < -0.4 is 10.1 Å². The third-order valence-electron chi connectivity index (χ3n) is 4.30. The lowest BCUT2D eigenvalue weighted by Gasteiger charge is -2.13. The zero-order valence-corrected chi connectivity index (χ0v) is 18.3. The molecule has 3 rings (SSSR count). The van der Waals surface area contributed by atoms with Crippen molar-refractivity contribution >= 4 is 58.1 Å². The summed E-state index contributed by atoms with van der Waals surface area (Å²) in [5.74, 6) is 0.0317. The Hall–Kier alpha value is -2.48. The Morgan fingerprint density at radius 1 is 1.20 bits per heavy atom. The average molecular weight is 465 g/mol. The summed E-state index contributed by atoms with van der Waals surface area (Å²) in [6, 6.07) is 12.3. The number of nitrogens with zero attached hydrogens (tertiary/aromatic N) is 1. The number of nitrogens with one attached hydrogen (secondary N) is 1. The first-order chi connectivity index (χ1) is 14.4. The molecule has 0 bridgehead atoms. The van der Waals surface area contributed by atoms with Crippen LogP contribution in [-0.2, 0) is 16.0 Å². The first-order valence-corrected chi connectivity index (χ1v) is 10.6. The van der Waals surface area contributed by atoms with Gasteiger partial charge in [0.1, 0.15) is 5.75 Å². The van der Waals surface area contributed by atoms with Gasteiger partial charge in [-0.2, -0.15) is 0 Å². The van der Waals surface area contributed by atoms with Gasteiger partial charge in [0.05, 0.1) is 28.5 Å². The van der Waals surface area contributed by atoms with E-state index in [-0.39, 0.29) is 30.3 Å². The molecule has 1 aliphatic rings. The van der Waals surface area contributed by atoms with Crippen LogP contribution in [0.3, 0.4) is 0 Å². The van der Waals surface area contributed by atoms with E-state index in [2.05, 4.69) is 5.32 Å². The number of rotatable bonds is 7. The number of thioether (sulfide) groups is 1.